The molecule has 1 aliphatic carbocycles. The Balaban J connectivity index is 1.74. The van der Waals surface area contributed by atoms with Crippen LogP contribution in [-0.4, -0.2) is 37.9 Å². The number of aromatic nitrogens is 4. The van der Waals surface area contributed by atoms with Crippen molar-refractivity contribution >= 4 is 22.9 Å². The number of thioether (sulfide) groups is 1. The first kappa shape index (κ1) is 17.1. The van der Waals surface area contributed by atoms with Crippen LogP contribution in [0.2, 0.25) is 0 Å². The summed E-state index contributed by atoms with van der Waals surface area (Å²) >= 11 is 1.78. The molecule has 2 N–H and O–H groups in total. The molecule has 6 nitrogen and oxygen atoms in total. The summed E-state index contributed by atoms with van der Waals surface area (Å²) in [5.41, 5.74) is 1.23. The Morgan fingerprint density at radius 1 is 1.16 bits per heavy atom. The Bertz CT molecular complexity index is 787. The minimum Gasteiger partial charge on any atom is -0.336 e. The van der Waals surface area contributed by atoms with Crippen LogP contribution < -0.4 is 10.9 Å². The average Bonchev–Trinajstić information content (AvgIpc) is 3.29. The van der Waals surface area contributed by atoms with Crippen LogP contribution in [0.15, 0.2) is 9.95 Å². The summed E-state index contributed by atoms with van der Waals surface area (Å²) in [6.07, 6.45) is 8.18. The van der Waals surface area contributed by atoms with Gasteiger partial charge in [-0.1, -0.05) is 31.5 Å². The monoisotopic (exact) mass is 361 g/mol. The molecule has 1 aliphatic heterocycles. The van der Waals surface area contributed by atoms with Crippen LogP contribution in [0.3, 0.4) is 0 Å². The number of hydrogen-bond acceptors (Lipinski definition) is 5. The van der Waals surface area contributed by atoms with Crippen LogP contribution in [-0.2, 0) is 6.54 Å². The molecule has 0 spiro atoms. The first-order valence-corrected chi connectivity index (χ1v) is 10.5. The molecule has 0 atom stereocenters. The van der Waals surface area contributed by atoms with Gasteiger partial charge in [-0.05, 0) is 45.2 Å². The van der Waals surface area contributed by atoms with Crippen molar-refractivity contribution in [2.24, 2.45) is 0 Å². The lowest BCUT2D eigenvalue weighted by atomic mass is 9.98. The minimum absolute atomic E-state index is 0.157. The molecule has 7 heteroatoms. The van der Waals surface area contributed by atoms with E-state index < -0.39 is 0 Å². The normalized spacial score (nSPS) is 19.9. The molecule has 0 amide bonds. The molecular weight excluding hydrogens is 334 g/mol. The third-order valence-electron chi connectivity index (χ3n) is 5.35. The van der Waals surface area contributed by atoms with Crippen molar-refractivity contribution in [1.82, 2.24) is 24.8 Å². The van der Waals surface area contributed by atoms with E-state index in [1.54, 1.807) is 11.8 Å². The zero-order chi connectivity index (χ0) is 17.2. The highest BCUT2D eigenvalue weighted by Crippen LogP contribution is 2.34. The van der Waals surface area contributed by atoms with Gasteiger partial charge in [-0.25, -0.2) is 4.98 Å². The molecule has 25 heavy (non-hydrogen) atoms. The number of aryl methyl sites for hydroxylation is 1. The quantitative estimate of drug-likeness (QED) is 0.801. The number of H-pyrrole nitrogens is 1. The van der Waals surface area contributed by atoms with Crippen molar-refractivity contribution in [3.63, 3.8) is 0 Å². The maximum absolute atomic E-state index is 12.6. The molecule has 2 aliphatic rings. The fourth-order valence-corrected chi connectivity index (χ4v) is 5.29. The van der Waals surface area contributed by atoms with Crippen LogP contribution in [0.5, 0.6) is 0 Å². The predicted molar refractivity (Wildman–Crippen MR) is 101 cm³/mol. The lowest BCUT2D eigenvalue weighted by Gasteiger charge is -2.20. The second kappa shape index (κ2) is 7.50. The maximum atomic E-state index is 12.6. The molecular formula is C18H27N5OS. The second-order valence-corrected chi connectivity index (χ2v) is 8.49. The van der Waals surface area contributed by atoms with Gasteiger partial charge in [0.2, 0.25) is 0 Å². The Kier molecular flexibility index (Phi) is 5.12. The zero-order valence-electron chi connectivity index (χ0n) is 14.9. The van der Waals surface area contributed by atoms with Crippen molar-refractivity contribution in [1.29, 1.82) is 0 Å². The van der Waals surface area contributed by atoms with E-state index >= 15 is 0 Å². The molecule has 2 aromatic heterocycles. The molecule has 0 unspecified atom stereocenters. The van der Waals surface area contributed by atoms with E-state index in [0.717, 1.165) is 55.5 Å². The van der Waals surface area contributed by atoms with Gasteiger partial charge in [-0.15, -0.1) is 0 Å². The predicted octanol–water partition coefficient (Wildman–Crippen LogP) is 3.03. The lowest BCUT2D eigenvalue weighted by molar-refractivity contribution is 0.447. The second-order valence-electron chi connectivity index (χ2n) is 7.22. The summed E-state index contributed by atoms with van der Waals surface area (Å²) in [6, 6.07) is 0. The summed E-state index contributed by atoms with van der Waals surface area (Å²) in [5.74, 6) is 1.37. The Hall–Kier alpha value is -1.34. The topological polar surface area (TPSA) is 75.6 Å². The van der Waals surface area contributed by atoms with E-state index in [9.17, 15) is 4.79 Å². The van der Waals surface area contributed by atoms with E-state index in [4.69, 9.17) is 4.98 Å². The van der Waals surface area contributed by atoms with Gasteiger partial charge in [-0.2, -0.15) is 4.98 Å². The number of hydrogen-bond donors (Lipinski definition) is 2. The molecule has 2 aromatic rings. The van der Waals surface area contributed by atoms with E-state index in [-0.39, 0.29) is 5.56 Å². The van der Waals surface area contributed by atoms with Crippen LogP contribution >= 0.6 is 11.8 Å². The van der Waals surface area contributed by atoms with Gasteiger partial charge in [-0.3, -0.25) is 4.79 Å². The fourth-order valence-electron chi connectivity index (χ4n) is 3.98. The third-order valence-corrected chi connectivity index (χ3v) is 6.68. The Labute approximate surface area is 152 Å². The fraction of sp³-hybridized carbons (Fsp3) is 0.722. The molecule has 0 aromatic carbocycles. The average molecular weight is 362 g/mol. The first-order chi connectivity index (χ1) is 12.3. The van der Waals surface area contributed by atoms with Crippen LogP contribution in [0.4, 0.5) is 0 Å². The SMILES string of the molecule is CCCn1c(SC2CCCC2)nc(=O)c2[nH]c(C3CCNCC3)nc21. The summed E-state index contributed by atoms with van der Waals surface area (Å²) in [7, 11) is 0. The van der Waals surface area contributed by atoms with E-state index in [1.165, 1.54) is 25.7 Å². The van der Waals surface area contributed by atoms with Crippen molar-refractivity contribution in [2.75, 3.05) is 13.1 Å². The molecule has 1 saturated carbocycles. The van der Waals surface area contributed by atoms with Crippen molar-refractivity contribution < 1.29 is 0 Å². The van der Waals surface area contributed by atoms with Gasteiger partial charge in [0.1, 0.15) is 5.82 Å². The number of piperidine rings is 1. The Morgan fingerprint density at radius 3 is 2.64 bits per heavy atom. The molecule has 2 fully saturated rings. The van der Waals surface area contributed by atoms with Gasteiger partial charge in [0.05, 0.1) is 0 Å². The molecule has 0 radical (unpaired) electrons. The van der Waals surface area contributed by atoms with Gasteiger partial charge in [0.25, 0.3) is 5.56 Å². The molecule has 136 valence electrons. The lowest BCUT2D eigenvalue weighted by Crippen LogP contribution is -2.27. The number of nitrogens with zero attached hydrogens (tertiary/aromatic N) is 3. The number of rotatable bonds is 5. The van der Waals surface area contributed by atoms with Gasteiger partial charge >= 0.3 is 0 Å². The molecule has 1 saturated heterocycles. The van der Waals surface area contributed by atoms with Gasteiger partial charge in [0.15, 0.2) is 16.3 Å². The standard InChI is InChI=1S/C18H27N5OS/c1-2-11-23-16-14(20-15(21-16)12-7-9-19-10-8-12)17(24)22-18(23)25-13-5-3-4-6-13/h12-13,19H,2-11H2,1H3,(H,20,21). The van der Waals surface area contributed by atoms with Gasteiger partial charge in [0, 0.05) is 17.7 Å². The summed E-state index contributed by atoms with van der Waals surface area (Å²) < 4.78 is 2.17. The van der Waals surface area contributed by atoms with E-state index in [1.807, 2.05) is 0 Å². The smallest absolute Gasteiger partial charge is 0.299 e. The van der Waals surface area contributed by atoms with E-state index in [2.05, 4.69) is 26.8 Å². The molecule has 3 heterocycles. The van der Waals surface area contributed by atoms with Crippen molar-refractivity contribution in [2.45, 2.75) is 74.7 Å². The highest BCUT2D eigenvalue weighted by atomic mass is 32.2. The zero-order valence-corrected chi connectivity index (χ0v) is 15.7. The van der Waals surface area contributed by atoms with Gasteiger partial charge < -0.3 is 14.9 Å². The highest BCUT2D eigenvalue weighted by Gasteiger charge is 2.24. The minimum atomic E-state index is -0.157. The number of imidazole rings is 1. The Morgan fingerprint density at radius 2 is 1.92 bits per heavy atom. The number of nitrogens with one attached hydrogen (secondary N) is 2. The highest BCUT2D eigenvalue weighted by molar-refractivity contribution is 7.99. The maximum Gasteiger partial charge on any atom is 0.299 e. The first-order valence-electron chi connectivity index (χ1n) is 9.64. The van der Waals surface area contributed by atoms with Crippen molar-refractivity contribution in [3.05, 3.63) is 16.2 Å². The largest absolute Gasteiger partial charge is 0.336 e. The summed E-state index contributed by atoms with van der Waals surface area (Å²) in [6.45, 7) is 5.05. The van der Waals surface area contributed by atoms with E-state index in [0.29, 0.717) is 16.7 Å². The molecule has 0 bridgehead atoms. The van der Waals surface area contributed by atoms with Crippen LogP contribution in [0.1, 0.15) is 63.6 Å². The van der Waals surface area contributed by atoms with Crippen molar-refractivity contribution in [3.8, 4) is 0 Å². The summed E-state index contributed by atoms with van der Waals surface area (Å²) in [5, 5.41) is 4.84. The number of aromatic amines is 1. The summed E-state index contributed by atoms with van der Waals surface area (Å²) in [4.78, 5) is 25.2. The molecule has 4 rings (SSSR count). The number of fused-ring (bicyclic) bond motifs is 1. The third kappa shape index (κ3) is 3.49. The van der Waals surface area contributed by atoms with Crippen LogP contribution in [0.25, 0.3) is 11.2 Å². The van der Waals surface area contributed by atoms with Crippen LogP contribution in [0, 0.1) is 0 Å².